The third-order valence-corrected chi connectivity index (χ3v) is 2.15. The number of hydrogen-bond donors (Lipinski definition) is 1. The molecule has 0 bridgehead atoms. The number of amides is 1. The molecule has 1 N–H and O–H groups in total. The first-order valence-corrected chi connectivity index (χ1v) is 4.83. The van der Waals surface area contributed by atoms with E-state index in [9.17, 15) is 23.7 Å². The van der Waals surface area contributed by atoms with Gasteiger partial charge in [-0.2, -0.15) is 4.39 Å². The van der Waals surface area contributed by atoms with E-state index in [2.05, 4.69) is 15.0 Å². The zero-order valence-corrected chi connectivity index (χ0v) is 9.09. The minimum atomic E-state index is -1.42. The molecule has 19 heavy (non-hydrogen) atoms. The number of nitrogens with zero attached hydrogens (tertiary/aromatic N) is 2. The first-order chi connectivity index (χ1) is 8.99. The Morgan fingerprint density at radius 3 is 2.74 bits per heavy atom. The fourth-order valence-corrected chi connectivity index (χ4v) is 1.34. The second-order valence-electron chi connectivity index (χ2n) is 3.41. The highest BCUT2D eigenvalue weighted by Crippen LogP contribution is 2.23. The van der Waals surface area contributed by atoms with Crippen molar-refractivity contribution in [3.63, 3.8) is 0 Å². The van der Waals surface area contributed by atoms with Gasteiger partial charge in [0.1, 0.15) is 17.8 Å². The molecule has 0 aliphatic heterocycles. The molecule has 1 aromatic carbocycles. The van der Waals surface area contributed by atoms with Crippen molar-refractivity contribution in [1.29, 1.82) is 0 Å². The largest absolute Gasteiger partial charge is 0.363 e. The first-order valence-electron chi connectivity index (χ1n) is 4.83. The Labute approximate surface area is 104 Å². The number of carbonyl (C=O) groups is 1. The molecule has 2 aromatic rings. The zero-order valence-electron chi connectivity index (χ0n) is 9.09. The maximum absolute atomic E-state index is 13.7. The summed E-state index contributed by atoms with van der Waals surface area (Å²) in [6.45, 7) is 0. The molecular weight excluding hydrogens is 264 g/mol. The third-order valence-electron chi connectivity index (χ3n) is 2.15. The van der Waals surface area contributed by atoms with Crippen LogP contribution in [0.15, 0.2) is 29.1 Å². The molecule has 1 amide bonds. The predicted molar refractivity (Wildman–Crippen MR) is 57.5 cm³/mol. The van der Waals surface area contributed by atoms with Gasteiger partial charge in [0, 0.05) is 0 Å². The molecule has 0 aliphatic rings. The Bertz CT molecular complexity index is 642. The van der Waals surface area contributed by atoms with Crippen LogP contribution in [-0.4, -0.2) is 16.0 Å². The number of halogens is 2. The van der Waals surface area contributed by atoms with Gasteiger partial charge < -0.3 is 9.84 Å². The van der Waals surface area contributed by atoms with E-state index < -0.39 is 33.7 Å². The molecule has 1 heterocycles. The van der Waals surface area contributed by atoms with Crippen LogP contribution in [0.25, 0.3) is 0 Å². The number of hydrogen-bond acceptors (Lipinski definition) is 5. The quantitative estimate of drug-likeness (QED) is 0.679. The lowest BCUT2D eigenvalue weighted by molar-refractivity contribution is -0.387. The molecule has 7 nitrogen and oxygen atoms in total. The van der Waals surface area contributed by atoms with E-state index in [-0.39, 0.29) is 5.69 Å². The topological polar surface area (TPSA) is 98.3 Å². The van der Waals surface area contributed by atoms with Gasteiger partial charge in [0.25, 0.3) is 5.91 Å². The van der Waals surface area contributed by atoms with Crippen molar-refractivity contribution in [3.05, 3.63) is 51.9 Å². The lowest BCUT2D eigenvalue weighted by Gasteiger charge is -2.04. The average Bonchev–Trinajstić information content (AvgIpc) is 2.84. The summed E-state index contributed by atoms with van der Waals surface area (Å²) in [6.07, 6.45) is 2.19. The fraction of sp³-hybridized carbons (Fsp3) is 0. The Morgan fingerprint density at radius 2 is 2.16 bits per heavy atom. The highest BCUT2D eigenvalue weighted by atomic mass is 19.1. The van der Waals surface area contributed by atoms with Gasteiger partial charge in [0.05, 0.1) is 22.7 Å². The number of nitro groups is 1. The molecule has 9 heteroatoms. The monoisotopic (exact) mass is 269 g/mol. The van der Waals surface area contributed by atoms with Crippen LogP contribution in [-0.2, 0) is 0 Å². The Morgan fingerprint density at radius 1 is 1.42 bits per heavy atom. The zero-order chi connectivity index (χ0) is 14.0. The van der Waals surface area contributed by atoms with Gasteiger partial charge in [0.15, 0.2) is 0 Å². The van der Waals surface area contributed by atoms with Crippen LogP contribution in [0.1, 0.15) is 10.4 Å². The highest BCUT2D eigenvalue weighted by Gasteiger charge is 2.24. The van der Waals surface area contributed by atoms with Gasteiger partial charge in [-0.25, -0.2) is 4.39 Å². The summed E-state index contributed by atoms with van der Waals surface area (Å²) in [7, 11) is 0. The van der Waals surface area contributed by atoms with E-state index in [1.807, 2.05) is 0 Å². The van der Waals surface area contributed by atoms with Crippen LogP contribution in [0, 0.1) is 21.7 Å². The molecule has 2 rings (SSSR count). The number of carbonyl (C=O) groups excluding carboxylic acids is 1. The van der Waals surface area contributed by atoms with Crippen LogP contribution < -0.4 is 5.32 Å². The van der Waals surface area contributed by atoms with Crippen molar-refractivity contribution in [1.82, 2.24) is 5.16 Å². The maximum atomic E-state index is 13.7. The standard InChI is InChI=1S/C10H5F2N3O4/c11-5-1-7(9(12)8(2-5)15(17)18)10(16)14-6-3-13-19-4-6/h1-4H,(H,14,16). The van der Waals surface area contributed by atoms with Crippen molar-refractivity contribution in [2.75, 3.05) is 5.32 Å². The number of nitrogens with one attached hydrogen (secondary N) is 1. The molecule has 0 saturated heterocycles. The molecule has 0 aliphatic carbocycles. The van der Waals surface area contributed by atoms with Gasteiger partial charge >= 0.3 is 5.69 Å². The Kier molecular flexibility index (Phi) is 3.19. The normalized spacial score (nSPS) is 10.2. The average molecular weight is 269 g/mol. The highest BCUT2D eigenvalue weighted by molar-refractivity contribution is 6.04. The van der Waals surface area contributed by atoms with Crippen LogP contribution in [0.2, 0.25) is 0 Å². The Hall–Kier alpha value is -2.84. The van der Waals surface area contributed by atoms with Crippen molar-refractivity contribution >= 4 is 17.3 Å². The van der Waals surface area contributed by atoms with E-state index in [4.69, 9.17) is 0 Å². The van der Waals surface area contributed by atoms with E-state index >= 15 is 0 Å². The van der Waals surface area contributed by atoms with Crippen molar-refractivity contribution < 1.29 is 23.0 Å². The number of aromatic nitrogens is 1. The number of benzene rings is 1. The molecule has 0 spiro atoms. The summed E-state index contributed by atoms with van der Waals surface area (Å²) in [4.78, 5) is 21.0. The summed E-state index contributed by atoms with van der Waals surface area (Å²) >= 11 is 0. The summed E-state index contributed by atoms with van der Waals surface area (Å²) in [6, 6.07) is 0.955. The van der Waals surface area contributed by atoms with Gasteiger partial charge in [-0.1, -0.05) is 5.16 Å². The molecule has 0 fully saturated rings. The second-order valence-corrected chi connectivity index (χ2v) is 3.41. The summed E-state index contributed by atoms with van der Waals surface area (Å²) in [5, 5.41) is 15.9. The second kappa shape index (κ2) is 4.80. The smallest absolute Gasteiger partial charge is 0.308 e. The number of anilines is 1. The number of rotatable bonds is 3. The molecule has 98 valence electrons. The molecule has 0 atom stereocenters. The fourth-order valence-electron chi connectivity index (χ4n) is 1.34. The van der Waals surface area contributed by atoms with Crippen LogP contribution >= 0.6 is 0 Å². The third kappa shape index (κ3) is 2.54. The molecular formula is C10H5F2N3O4. The summed E-state index contributed by atoms with van der Waals surface area (Å²) in [5.41, 5.74) is -1.79. The summed E-state index contributed by atoms with van der Waals surface area (Å²) in [5.74, 6) is -3.56. The minimum absolute atomic E-state index is 0.108. The first kappa shape index (κ1) is 12.6. The SMILES string of the molecule is O=C(Nc1cnoc1)c1cc(F)cc([N+](=O)[O-])c1F. The van der Waals surface area contributed by atoms with Crippen LogP contribution in [0.5, 0.6) is 0 Å². The van der Waals surface area contributed by atoms with E-state index in [1.54, 1.807) is 0 Å². The lowest BCUT2D eigenvalue weighted by Crippen LogP contribution is -2.14. The summed E-state index contributed by atoms with van der Waals surface area (Å²) < 4.78 is 31.2. The van der Waals surface area contributed by atoms with Crippen LogP contribution in [0.3, 0.4) is 0 Å². The van der Waals surface area contributed by atoms with Crippen molar-refractivity contribution in [2.24, 2.45) is 0 Å². The van der Waals surface area contributed by atoms with Crippen LogP contribution in [0.4, 0.5) is 20.2 Å². The molecule has 0 saturated carbocycles. The van der Waals surface area contributed by atoms with Gasteiger partial charge in [0.2, 0.25) is 5.82 Å². The maximum Gasteiger partial charge on any atom is 0.308 e. The lowest BCUT2D eigenvalue weighted by atomic mass is 10.1. The molecule has 0 radical (unpaired) electrons. The minimum Gasteiger partial charge on any atom is -0.363 e. The van der Waals surface area contributed by atoms with E-state index in [0.29, 0.717) is 12.1 Å². The predicted octanol–water partition coefficient (Wildman–Crippen LogP) is 2.11. The van der Waals surface area contributed by atoms with Gasteiger partial charge in [-0.05, 0) is 6.07 Å². The molecule has 0 unspecified atom stereocenters. The number of nitro benzene ring substituents is 1. The van der Waals surface area contributed by atoms with Crippen molar-refractivity contribution in [3.8, 4) is 0 Å². The van der Waals surface area contributed by atoms with Gasteiger partial charge in [-0.15, -0.1) is 0 Å². The van der Waals surface area contributed by atoms with Gasteiger partial charge in [-0.3, -0.25) is 14.9 Å². The van der Waals surface area contributed by atoms with E-state index in [0.717, 1.165) is 12.5 Å². The molecule has 1 aromatic heterocycles. The van der Waals surface area contributed by atoms with E-state index in [1.165, 1.54) is 0 Å². The van der Waals surface area contributed by atoms with Crippen molar-refractivity contribution in [2.45, 2.75) is 0 Å². The Balaban J connectivity index is 2.39.